The first kappa shape index (κ1) is 15.5. The molecule has 0 saturated heterocycles. The maximum absolute atomic E-state index is 13.1. The van der Waals surface area contributed by atoms with Crippen LogP contribution >= 0.6 is 15.9 Å². The third-order valence-corrected chi connectivity index (χ3v) is 5.68. The molecule has 0 fully saturated rings. The van der Waals surface area contributed by atoms with Crippen LogP contribution in [0.25, 0.3) is 0 Å². The van der Waals surface area contributed by atoms with Gasteiger partial charge in [-0.3, -0.25) is 4.79 Å². The van der Waals surface area contributed by atoms with E-state index in [1.54, 1.807) is 0 Å². The highest BCUT2D eigenvalue weighted by molar-refractivity contribution is 9.10. The van der Waals surface area contributed by atoms with Gasteiger partial charge >= 0.3 is 0 Å². The van der Waals surface area contributed by atoms with Crippen LogP contribution in [0.1, 0.15) is 47.3 Å². The lowest BCUT2D eigenvalue weighted by Crippen LogP contribution is -2.46. The largest absolute Gasteiger partial charge is 0.293 e. The van der Waals surface area contributed by atoms with Gasteiger partial charge in [0, 0.05) is 5.56 Å². The molecule has 0 heterocycles. The Hall–Kier alpha value is -1.41. The molecule has 2 aromatic carbocycles. The van der Waals surface area contributed by atoms with Gasteiger partial charge in [-0.05, 0) is 41.9 Å². The van der Waals surface area contributed by atoms with E-state index in [2.05, 4.69) is 54.9 Å². The Labute approximate surface area is 140 Å². The number of alkyl halides is 1. The van der Waals surface area contributed by atoms with Gasteiger partial charge in [0.2, 0.25) is 0 Å². The normalized spacial score (nSPS) is 23.2. The molecule has 1 aliphatic carbocycles. The van der Waals surface area contributed by atoms with E-state index >= 15 is 0 Å². The molecule has 0 radical (unpaired) electrons. The molecule has 0 unspecified atom stereocenters. The number of aryl methyl sites for hydroxylation is 1. The third-order valence-electron chi connectivity index (χ3n) is 4.76. The molecular weight excluding hydrogens is 336 g/mol. The van der Waals surface area contributed by atoms with Gasteiger partial charge in [0.1, 0.15) is 0 Å². The van der Waals surface area contributed by atoms with E-state index in [0.717, 1.165) is 18.4 Å². The first-order valence-corrected chi connectivity index (χ1v) is 8.51. The molecule has 0 aliphatic heterocycles. The fourth-order valence-corrected chi connectivity index (χ4v) is 4.86. The van der Waals surface area contributed by atoms with E-state index in [0.29, 0.717) is 0 Å². The van der Waals surface area contributed by atoms with Crippen molar-refractivity contribution < 1.29 is 4.79 Å². The number of hydrogen-bond donors (Lipinski definition) is 0. The van der Waals surface area contributed by atoms with Gasteiger partial charge in [-0.2, -0.15) is 0 Å². The van der Waals surface area contributed by atoms with Gasteiger partial charge in [0.25, 0.3) is 0 Å². The van der Waals surface area contributed by atoms with Crippen molar-refractivity contribution in [1.82, 2.24) is 0 Å². The van der Waals surface area contributed by atoms with Crippen LogP contribution in [-0.2, 0) is 11.8 Å². The molecule has 0 amide bonds. The van der Waals surface area contributed by atoms with Crippen molar-refractivity contribution >= 4 is 21.7 Å². The van der Waals surface area contributed by atoms with Gasteiger partial charge in [-0.1, -0.05) is 78.3 Å². The number of ketones is 1. The summed E-state index contributed by atoms with van der Waals surface area (Å²) in [6.07, 6.45) is 1.54. The van der Waals surface area contributed by atoms with Crippen LogP contribution in [0.4, 0.5) is 0 Å². The first-order valence-electron chi connectivity index (χ1n) is 7.71. The van der Waals surface area contributed by atoms with Crippen LogP contribution in [0.3, 0.4) is 0 Å². The van der Waals surface area contributed by atoms with Crippen LogP contribution in [0.2, 0.25) is 0 Å². The van der Waals surface area contributed by atoms with Crippen molar-refractivity contribution in [1.29, 1.82) is 0 Å². The lowest BCUT2D eigenvalue weighted by molar-refractivity contribution is 0.0908. The third kappa shape index (κ3) is 2.54. The number of carbonyl (C=O) groups is 1. The lowest BCUT2D eigenvalue weighted by atomic mass is 9.66. The smallest absolute Gasteiger partial charge is 0.180 e. The fourth-order valence-electron chi connectivity index (χ4n) is 3.64. The van der Waals surface area contributed by atoms with Crippen molar-refractivity contribution in [3.8, 4) is 0 Å². The average Bonchev–Trinajstić information content (AvgIpc) is 2.47. The highest BCUT2D eigenvalue weighted by Crippen LogP contribution is 2.47. The van der Waals surface area contributed by atoms with Crippen molar-refractivity contribution in [3.05, 3.63) is 70.8 Å². The Bertz CT molecular complexity index is 732. The molecular formula is C20H21BrO. The number of hydrogen-bond acceptors (Lipinski definition) is 1. The summed E-state index contributed by atoms with van der Waals surface area (Å²) in [5.74, 6) is 0.214. The zero-order valence-electron chi connectivity index (χ0n) is 13.3. The highest BCUT2D eigenvalue weighted by Gasteiger charge is 2.47. The number of carbonyl (C=O) groups excluding carboxylic acids is 1. The minimum atomic E-state index is -0.517. The summed E-state index contributed by atoms with van der Waals surface area (Å²) in [5, 5.41) is 0. The predicted molar refractivity (Wildman–Crippen MR) is 95.0 cm³/mol. The summed E-state index contributed by atoms with van der Waals surface area (Å²) in [5.41, 5.74) is 4.49. The van der Waals surface area contributed by atoms with Crippen molar-refractivity contribution in [2.45, 2.75) is 43.4 Å². The lowest BCUT2D eigenvalue weighted by Gasteiger charge is -2.42. The summed E-state index contributed by atoms with van der Waals surface area (Å²) >= 11 is 3.83. The maximum Gasteiger partial charge on any atom is 0.180 e. The molecule has 2 heteroatoms. The highest BCUT2D eigenvalue weighted by atomic mass is 79.9. The number of halogens is 1. The molecule has 1 nitrogen and oxygen atoms in total. The van der Waals surface area contributed by atoms with Gasteiger partial charge in [0.05, 0.1) is 4.32 Å². The zero-order valence-corrected chi connectivity index (χ0v) is 14.9. The minimum Gasteiger partial charge on any atom is -0.293 e. The van der Waals surface area contributed by atoms with Crippen LogP contribution in [0, 0.1) is 6.92 Å². The van der Waals surface area contributed by atoms with Gasteiger partial charge in [-0.25, -0.2) is 0 Å². The van der Waals surface area contributed by atoms with Gasteiger partial charge < -0.3 is 0 Å². The zero-order chi connectivity index (χ0) is 16.0. The molecule has 0 N–H and O–H groups in total. The number of rotatable bonds is 2. The molecule has 114 valence electrons. The Morgan fingerprint density at radius 2 is 1.68 bits per heavy atom. The molecule has 2 aromatic rings. The quantitative estimate of drug-likeness (QED) is 0.672. The van der Waals surface area contributed by atoms with Crippen LogP contribution in [0.5, 0.6) is 0 Å². The summed E-state index contributed by atoms with van der Waals surface area (Å²) in [4.78, 5) is 13.1. The molecule has 3 rings (SSSR count). The van der Waals surface area contributed by atoms with Crippen LogP contribution in [0.15, 0.2) is 48.5 Å². The van der Waals surface area contributed by atoms with Gasteiger partial charge in [0.15, 0.2) is 5.78 Å². The summed E-state index contributed by atoms with van der Waals surface area (Å²) in [6, 6.07) is 16.4. The van der Waals surface area contributed by atoms with E-state index in [-0.39, 0.29) is 11.2 Å². The van der Waals surface area contributed by atoms with E-state index in [4.69, 9.17) is 0 Å². The molecule has 1 atom stereocenters. The number of fused-ring (bicyclic) bond motifs is 1. The standard InChI is InChI=1S/C20H21BrO/c1-14-8-4-5-9-15(14)12-20(21)13-19(2,3)17-11-7-6-10-16(17)18(20)22/h4-11H,12-13H2,1-3H3/t20-/m1/s1. The second-order valence-electron chi connectivity index (χ2n) is 7.00. The van der Waals surface area contributed by atoms with Crippen LogP contribution < -0.4 is 0 Å². The molecule has 0 bridgehead atoms. The monoisotopic (exact) mass is 356 g/mol. The van der Waals surface area contributed by atoms with Gasteiger partial charge in [-0.15, -0.1) is 0 Å². The number of benzene rings is 2. The second-order valence-corrected chi connectivity index (χ2v) is 8.52. The fraction of sp³-hybridized carbons (Fsp3) is 0.350. The van der Waals surface area contributed by atoms with Crippen molar-refractivity contribution in [2.75, 3.05) is 0 Å². The molecule has 0 aromatic heterocycles. The van der Waals surface area contributed by atoms with E-state index in [1.165, 1.54) is 16.7 Å². The predicted octanol–water partition coefficient (Wildman–Crippen LogP) is 5.24. The second kappa shape index (κ2) is 5.34. The average molecular weight is 357 g/mol. The maximum atomic E-state index is 13.1. The molecule has 0 spiro atoms. The molecule has 0 saturated carbocycles. The SMILES string of the molecule is Cc1ccccc1C[C@@]1(Br)CC(C)(C)c2ccccc2C1=O. The van der Waals surface area contributed by atoms with E-state index in [9.17, 15) is 4.79 Å². The molecule has 22 heavy (non-hydrogen) atoms. The summed E-state index contributed by atoms with van der Waals surface area (Å²) < 4.78 is -0.517. The first-order chi connectivity index (χ1) is 10.3. The Balaban J connectivity index is 2.05. The van der Waals surface area contributed by atoms with E-state index in [1.807, 2.05) is 30.3 Å². The summed E-state index contributed by atoms with van der Waals surface area (Å²) in [6.45, 7) is 6.57. The Morgan fingerprint density at radius 1 is 1.05 bits per heavy atom. The minimum absolute atomic E-state index is 0.0172. The van der Waals surface area contributed by atoms with Crippen molar-refractivity contribution in [3.63, 3.8) is 0 Å². The summed E-state index contributed by atoms with van der Waals surface area (Å²) in [7, 11) is 0. The van der Waals surface area contributed by atoms with Crippen LogP contribution in [-0.4, -0.2) is 10.1 Å². The Kier molecular flexibility index (Phi) is 3.76. The number of Topliss-reactive ketones (excluding diaryl/α,β-unsaturated/α-hetero) is 1. The molecule has 1 aliphatic rings. The Morgan fingerprint density at radius 3 is 2.41 bits per heavy atom. The van der Waals surface area contributed by atoms with Crippen molar-refractivity contribution in [2.24, 2.45) is 0 Å². The topological polar surface area (TPSA) is 17.1 Å². The van der Waals surface area contributed by atoms with E-state index < -0.39 is 4.32 Å².